The van der Waals surface area contributed by atoms with E-state index >= 15 is 0 Å². The van der Waals surface area contributed by atoms with Crippen molar-refractivity contribution < 1.29 is 14.3 Å². The van der Waals surface area contributed by atoms with E-state index in [1.807, 2.05) is 18.2 Å². The van der Waals surface area contributed by atoms with E-state index < -0.39 is 5.97 Å². The van der Waals surface area contributed by atoms with Crippen molar-refractivity contribution in [1.29, 1.82) is 0 Å². The van der Waals surface area contributed by atoms with Gasteiger partial charge in [0, 0.05) is 23.5 Å². The third-order valence-corrected chi connectivity index (χ3v) is 3.82. The van der Waals surface area contributed by atoms with Crippen molar-refractivity contribution in [2.45, 2.75) is 38.3 Å². The van der Waals surface area contributed by atoms with E-state index in [1.165, 1.54) is 25.7 Å². The lowest BCUT2D eigenvalue weighted by Gasteiger charge is -2.11. The Labute approximate surface area is 111 Å². The Bertz CT molecular complexity index is 596. The van der Waals surface area contributed by atoms with Crippen molar-refractivity contribution >= 4 is 16.9 Å². The molecule has 1 saturated carbocycles. The Kier molecular flexibility index (Phi) is 3.25. The zero-order valence-corrected chi connectivity index (χ0v) is 10.7. The molecule has 2 aromatic rings. The molecule has 19 heavy (non-hydrogen) atoms. The summed E-state index contributed by atoms with van der Waals surface area (Å²) in [5, 5.41) is 13.6. The average molecular weight is 259 g/mol. The second kappa shape index (κ2) is 5.05. The van der Waals surface area contributed by atoms with Crippen LogP contribution in [0.25, 0.3) is 11.0 Å². The van der Waals surface area contributed by atoms with Crippen LogP contribution in [0, 0.1) is 0 Å². The van der Waals surface area contributed by atoms with E-state index in [2.05, 4.69) is 5.32 Å². The van der Waals surface area contributed by atoms with Gasteiger partial charge in [0.15, 0.2) is 0 Å². The van der Waals surface area contributed by atoms with Crippen molar-refractivity contribution in [3.8, 4) is 0 Å². The molecular formula is C15H17NO3. The van der Waals surface area contributed by atoms with Crippen LogP contribution >= 0.6 is 0 Å². The molecule has 0 saturated heterocycles. The predicted molar refractivity (Wildman–Crippen MR) is 72.3 cm³/mol. The van der Waals surface area contributed by atoms with Gasteiger partial charge in [0.1, 0.15) is 5.58 Å². The van der Waals surface area contributed by atoms with Gasteiger partial charge in [0.05, 0.1) is 0 Å². The fourth-order valence-electron chi connectivity index (χ4n) is 2.82. The fraction of sp³-hybridized carbons (Fsp3) is 0.400. The largest absolute Gasteiger partial charge is 0.475 e. The molecule has 1 aromatic heterocycles. The van der Waals surface area contributed by atoms with E-state index in [0.29, 0.717) is 18.2 Å². The molecule has 4 nitrogen and oxygen atoms in total. The molecule has 4 heteroatoms. The van der Waals surface area contributed by atoms with E-state index in [4.69, 9.17) is 4.42 Å². The molecule has 0 bridgehead atoms. The van der Waals surface area contributed by atoms with Crippen LogP contribution in [-0.2, 0) is 6.54 Å². The number of aromatic carboxylic acids is 1. The number of rotatable bonds is 4. The predicted octanol–water partition coefficient (Wildman–Crippen LogP) is 3.16. The molecule has 1 fully saturated rings. The van der Waals surface area contributed by atoms with Gasteiger partial charge in [-0.3, -0.25) is 0 Å². The number of nitrogens with one attached hydrogen (secondary N) is 1. The SMILES string of the molecule is O=C(O)c1oc2ccccc2c1CNC1CCCC1. The Morgan fingerprint density at radius 2 is 2.05 bits per heavy atom. The summed E-state index contributed by atoms with van der Waals surface area (Å²) in [6, 6.07) is 7.99. The fourth-order valence-corrected chi connectivity index (χ4v) is 2.82. The second-order valence-corrected chi connectivity index (χ2v) is 5.07. The van der Waals surface area contributed by atoms with E-state index in [9.17, 15) is 9.90 Å². The van der Waals surface area contributed by atoms with Gasteiger partial charge in [-0.2, -0.15) is 0 Å². The highest BCUT2D eigenvalue weighted by atomic mass is 16.4. The van der Waals surface area contributed by atoms with Crippen LogP contribution in [0.15, 0.2) is 28.7 Å². The van der Waals surface area contributed by atoms with Crippen molar-refractivity contribution in [2.24, 2.45) is 0 Å². The van der Waals surface area contributed by atoms with Crippen molar-refractivity contribution in [3.63, 3.8) is 0 Å². The van der Waals surface area contributed by atoms with Gasteiger partial charge < -0.3 is 14.8 Å². The number of furan rings is 1. The van der Waals surface area contributed by atoms with Crippen molar-refractivity contribution in [3.05, 3.63) is 35.6 Å². The number of carboxylic acid groups (broad SMARTS) is 1. The molecule has 1 aromatic carbocycles. The Balaban J connectivity index is 1.90. The maximum atomic E-state index is 11.3. The normalized spacial score (nSPS) is 16.2. The molecule has 1 heterocycles. The van der Waals surface area contributed by atoms with Gasteiger partial charge in [-0.05, 0) is 18.9 Å². The van der Waals surface area contributed by atoms with E-state index in [-0.39, 0.29) is 5.76 Å². The van der Waals surface area contributed by atoms with Gasteiger partial charge in [-0.15, -0.1) is 0 Å². The van der Waals surface area contributed by atoms with Crippen LogP contribution in [0.2, 0.25) is 0 Å². The summed E-state index contributed by atoms with van der Waals surface area (Å²) in [6.45, 7) is 0.559. The summed E-state index contributed by atoms with van der Waals surface area (Å²) in [5.41, 5.74) is 1.40. The number of benzene rings is 1. The number of fused-ring (bicyclic) bond motifs is 1. The first-order chi connectivity index (χ1) is 9.25. The van der Waals surface area contributed by atoms with Crippen LogP contribution in [0.5, 0.6) is 0 Å². The smallest absolute Gasteiger partial charge is 0.372 e. The zero-order chi connectivity index (χ0) is 13.2. The summed E-state index contributed by atoms with van der Waals surface area (Å²) in [5.74, 6) is -0.939. The summed E-state index contributed by atoms with van der Waals surface area (Å²) < 4.78 is 5.44. The molecule has 0 aliphatic heterocycles. The van der Waals surface area contributed by atoms with Gasteiger partial charge in [-0.1, -0.05) is 31.0 Å². The molecule has 0 atom stereocenters. The van der Waals surface area contributed by atoms with Crippen LogP contribution in [0.4, 0.5) is 0 Å². The monoisotopic (exact) mass is 259 g/mol. The molecule has 0 unspecified atom stereocenters. The molecule has 0 radical (unpaired) electrons. The lowest BCUT2D eigenvalue weighted by molar-refractivity contribution is 0.0663. The quantitative estimate of drug-likeness (QED) is 0.885. The second-order valence-electron chi connectivity index (χ2n) is 5.07. The first-order valence-corrected chi connectivity index (χ1v) is 6.73. The summed E-state index contributed by atoms with van der Waals surface area (Å²) >= 11 is 0. The molecule has 2 N–H and O–H groups in total. The Morgan fingerprint density at radius 1 is 1.32 bits per heavy atom. The van der Waals surface area contributed by atoms with Gasteiger partial charge in [-0.25, -0.2) is 4.79 Å². The maximum absolute atomic E-state index is 11.3. The zero-order valence-electron chi connectivity index (χ0n) is 10.7. The number of hydrogen-bond acceptors (Lipinski definition) is 3. The highest BCUT2D eigenvalue weighted by molar-refractivity contribution is 5.95. The molecule has 100 valence electrons. The van der Waals surface area contributed by atoms with Crippen molar-refractivity contribution in [2.75, 3.05) is 0 Å². The van der Waals surface area contributed by atoms with Crippen LogP contribution in [-0.4, -0.2) is 17.1 Å². The summed E-state index contributed by atoms with van der Waals surface area (Å²) in [4.78, 5) is 11.3. The van der Waals surface area contributed by atoms with Crippen LogP contribution in [0.1, 0.15) is 41.8 Å². The van der Waals surface area contributed by atoms with Crippen LogP contribution in [0.3, 0.4) is 0 Å². The third-order valence-electron chi connectivity index (χ3n) is 3.82. The molecule has 0 amide bonds. The highest BCUT2D eigenvalue weighted by Gasteiger charge is 2.21. The maximum Gasteiger partial charge on any atom is 0.372 e. The first-order valence-electron chi connectivity index (χ1n) is 6.73. The highest BCUT2D eigenvalue weighted by Crippen LogP contribution is 2.27. The minimum Gasteiger partial charge on any atom is -0.475 e. The standard InChI is InChI=1S/C15H17NO3/c17-15(18)14-12(9-16-10-5-1-2-6-10)11-7-3-4-8-13(11)19-14/h3-4,7-8,10,16H,1-2,5-6,9H2,(H,17,18). The van der Waals surface area contributed by atoms with Crippen LogP contribution < -0.4 is 5.32 Å². The number of para-hydroxylation sites is 1. The summed E-state index contributed by atoms with van der Waals surface area (Å²) in [6.07, 6.45) is 4.88. The van der Waals surface area contributed by atoms with Gasteiger partial charge in [0.2, 0.25) is 5.76 Å². The summed E-state index contributed by atoms with van der Waals surface area (Å²) in [7, 11) is 0. The average Bonchev–Trinajstić information content (AvgIpc) is 3.03. The minimum absolute atomic E-state index is 0.0618. The minimum atomic E-state index is -1.00. The van der Waals surface area contributed by atoms with Crippen molar-refractivity contribution in [1.82, 2.24) is 5.32 Å². The third kappa shape index (κ3) is 2.36. The number of carboxylic acids is 1. The lowest BCUT2D eigenvalue weighted by Crippen LogP contribution is -2.25. The Hall–Kier alpha value is -1.81. The molecule has 3 rings (SSSR count). The lowest BCUT2D eigenvalue weighted by atomic mass is 10.1. The number of hydrogen-bond donors (Lipinski definition) is 2. The number of carbonyl (C=O) groups is 1. The molecule has 1 aliphatic rings. The van der Waals surface area contributed by atoms with Gasteiger partial charge in [0.25, 0.3) is 0 Å². The topological polar surface area (TPSA) is 62.5 Å². The van der Waals surface area contributed by atoms with Gasteiger partial charge >= 0.3 is 5.97 Å². The first kappa shape index (κ1) is 12.2. The molecular weight excluding hydrogens is 242 g/mol. The molecule has 1 aliphatic carbocycles. The van der Waals surface area contributed by atoms with E-state index in [1.54, 1.807) is 6.07 Å². The Morgan fingerprint density at radius 3 is 2.79 bits per heavy atom. The molecule has 0 spiro atoms. The van der Waals surface area contributed by atoms with E-state index in [0.717, 1.165) is 10.9 Å².